The summed E-state index contributed by atoms with van der Waals surface area (Å²) in [6.45, 7) is 9.11. The van der Waals surface area contributed by atoms with Gasteiger partial charge >= 0.3 is 18.3 Å². The van der Waals surface area contributed by atoms with Crippen LogP contribution in [0, 0.1) is 13.8 Å². The van der Waals surface area contributed by atoms with Crippen LogP contribution in [0.5, 0.6) is 0 Å². The SMILES string of the molecule is COC(=O)c1cc2c(N[C@H](C)c3cccc(C(F)(F)F)c3)nc(C)nc2cn1.Cc1nc(N[C@H](C)c2cccc(C(F)(F)F)c2)c2cc(C3CCN(C)CC3)ncc2n1. The number of esters is 1. The van der Waals surface area contributed by atoms with Gasteiger partial charge in [0, 0.05) is 34.5 Å². The second-order valence-corrected chi connectivity index (χ2v) is 14.5. The van der Waals surface area contributed by atoms with Crippen LogP contribution in [0.2, 0.25) is 0 Å². The van der Waals surface area contributed by atoms with Gasteiger partial charge in [0.05, 0.1) is 41.7 Å². The molecule has 11 nitrogen and oxygen atoms in total. The molecule has 1 aliphatic rings. The largest absolute Gasteiger partial charge is 0.464 e. The highest BCUT2D eigenvalue weighted by atomic mass is 19.4. The summed E-state index contributed by atoms with van der Waals surface area (Å²) in [6.07, 6.45) is -3.50. The first-order valence-corrected chi connectivity index (χ1v) is 18.8. The number of anilines is 2. The van der Waals surface area contributed by atoms with Gasteiger partial charge in [0.25, 0.3) is 0 Å². The molecule has 0 aliphatic carbocycles. The standard InChI is InChI=1S/C23H26F3N5.C19H17F3N4O2/c1-14(17-5-4-6-18(11-17)23(24,25)26)28-22-19-12-20(16-7-9-31(3)10-8-16)27-13-21(19)29-15(2)30-22;1-10(12-5-4-6-13(7-12)19(20,21)22)24-17-14-8-15(18(27)28-3)23-9-16(14)25-11(2)26-17/h4-6,11-14,16H,7-10H2,1-3H3,(H,28,29,30);4-10H,1-3H3,(H,24,25,26)/t14-;10-/m11/s1. The zero-order chi connectivity index (χ0) is 42.6. The number of aryl methyl sites for hydroxylation is 2. The zero-order valence-corrected chi connectivity index (χ0v) is 33.2. The Morgan fingerprint density at radius 2 is 1.20 bits per heavy atom. The first kappa shape index (κ1) is 42.6. The molecule has 2 N–H and O–H groups in total. The van der Waals surface area contributed by atoms with Crippen molar-refractivity contribution >= 4 is 39.4 Å². The molecule has 0 saturated carbocycles. The number of piperidine rings is 1. The number of nitrogens with one attached hydrogen (secondary N) is 2. The molecule has 17 heteroatoms. The number of hydrogen-bond acceptors (Lipinski definition) is 11. The minimum absolute atomic E-state index is 0.0808. The molecule has 0 bridgehead atoms. The number of pyridine rings is 2. The summed E-state index contributed by atoms with van der Waals surface area (Å²) in [4.78, 5) is 40.4. The molecule has 0 radical (unpaired) electrons. The molecule has 7 rings (SSSR count). The number of alkyl halides is 6. The van der Waals surface area contributed by atoms with Crippen molar-refractivity contribution in [3.63, 3.8) is 0 Å². The van der Waals surface area contributed by atoms with Crippen LogP contribution in [0.1, 0.15) is 94.8 Å². The molecule has 59 heavy (non-hydrogen) atoms. The molecule has 0 amide bonds. The number of likely N-dealkylation sites (tertiary alicyclic amines) is 1. The van der Waals surface area contributed by atoms with Gasteiger partial charge in [0.2, 0.25) is 0 Å². The third-order valence-corrected chi connectivity index (χ3v) is 10.1. The fraction of sp³-hybridized carbons (Fsp3) is 0.357. The topological polar surface area (TPSA) is 131 Å². The molecule has 2 atom stereocenters. The summed E-state index contributed by atoms with van der Waals surface area (Å²) < 4.78 is 83.0. The number of methoxy groups -OCH3 is 1. The van der Waals surface area contributed by atoms with Crippen molar-refractivity contribution in [3.8, 4) is 0 Å². The van der Waals surface area contributed by atoms with E-state index in [0.717, 1.165) is 60.7 Å². The average Bonchev–Trinajstić information content (AvgIpc) is 3.20. The maximum absolute atomic E-state index is 13.1. The average molecular weight is 820 g/mol. The van der Waals surface area contributed by atoms with Crippen molar-refractivity contribution in [2.45, 2.75) is 70.9 Å². The van der Waals surface area contributed by atoms with E-state index < -0.39 is 35.5 Å². The van der Waals surface area contributed by atoms with Crippen LogP contribution in [-0.4, -0.2) is 68.0 Å². The molecule has 1 aliphatic heterocycles. The Bertz CT molecular complexity index is 2450. The predicted octanol–water partition coefficient (Wildman–Crippen LogP) is 9.65. The monoisotopic (exact) mass is 819 g/mol. The van der Waals surface area contributed by atoms with Crippen LogP contribution in [-0.2, 0) is 17.1 Å². The summed E-state index contributed by atoms with van der Waals surface area (Å²) >= 11 is 0. The van der Waals surface area contributed by atoms with E-state index in [1.54, 1.807) is 39.1 Å². The minimum atomic E-state index is -4.42. The summed E-state index contributed by atoms with van der Waals surface area (Å²) in [5.41, 5.74) is 1.93. The van der Waals surface area contributed by atoms with Crippen molar-refractivity contribution in [2.75, 3.05) is 37.9 Å². The lowest BCUT2D eigenvalue weighted by atomic mass is 9.93. The second-order valence-electron chi connectivity index (χ2n) is 14.5. The zero-order valence-electron chi connectivity index (χ0n) is 33.2. The number of aromatic nitrogens is 6. The van der Waals surface area contributed by atoms with Crippen molar-refractivity contribution in [2.24, 2.45) is 0 Å². The van der Waals surface area contributed by atoms with Crippen LogP contribution in [0.4, 0.5) is 38.0 Å². The first-order valence-electron chi connectivity index (χ1n) is 18.8. The number of fused-ring (bicyclic) bond motifs is 2. The van der Waals surface area contributed by atoms with Crippen LogP contribution in [0.3, 0.4) is 0 Å². The van der Waals surface area contributed by atoms with Crippen LogP contribution >= 0.6 is 0 Å². The van der Waals surface area contributed by atoms with E-state index in [4.69, 9.17) is 0 Å². The van der Waals surface area contributed by atoms with Crippen LogP contribution in [0.15, 0.2) is 73.1 Å². The summed E-state index contributed by atoms with van der Waals surface area (Å²) in [5, 5.41) is 7.76. The Kier molecular flexibility index (Phi) is 12.6. The van der Waals surface area contributed by atoms with Gasteiger partial charge < -0.3 is 20.3 Å². The number of carbonyl (C=O) groups excluding carboxylic acids is 1. The molecule has 0 unspecified atom stereocenters. The maximum Gasteiger partial charge on any atom is 0.416 e. The lowest BCUT2D eigenvalue weighted by Gasteiger charge is -2.28. The molecular weight excluding hydrogens is 777 g/mol. The quantitative estimate of drug-likeness (QED) is 0.112. The summed E-state index contributed by atoms with van der Waals surface area (Å²) in [6, 6.07) is 13.1. The Morgan fingerprint density at radius 1 is 0.729 bits per heavy atom. The summed E-state index contributed by atoms with van der Waals surface area (Å²) in [7, 11) is 3.37. The van der Waals surface area contributed by atoms with Gasteiger partial charge in [0.15, 0.2) is 0 Å². The molecule has 1 saturated heterocycles. The third kappa shape index (κ3) is 10.4. The second kappa shape index (κ2) is 17.5. The summed E-state index contributed by atoms with van der Waals surface area (Å²) in [5.74, 6) is 1.82. The molecular formula is C42H43F6N9O2. The van der Waals surface area contributed by atoms with Gasteiger partial charge in [-0.3, -0.25) is 4.98 Å². The number of carbonyl (C=O) groups is 1. The van der Waals surface area contributed by atoms with Crippen LogP contribution < -0.4 is 10.6 Å². The Labute approximate surface area is 336 Å². The van der Waals surface area contributed by atoms with E-state index in [-0.39, 0.29) is 11.7 Å². The van der Waals surface area contributed by atoms with Gasteiger partial charge in [-0.25, -0.2) is 29.7 Å². The maximum atomic E-state index is 13.1. The van der Waals surface area contributed by atoms with Crippen molar-refractivity contribution in [1.82, 2.24) is 34.8 Å². The smallest absolute Gasteiger partial charge is 0.416 e. The molecule has 0 spiro atoms. The van der Waals surface area contributed by atoms with Gasteiger partial charge in [-0.1, -0.05) is 24.3 Å². The Balaban J connectivity index is 0.000000199. The minimum Gasteiger partial charge on any atom is -0.464 e. The van der Waals surface area contributed by atoms with E-state index in [2.05, 4.69) is 57.2 Å². The number of ether oxygens (including phenoxy) is 1. The van der Waals surface area contributed by atoms with E-state index >= 15 is 0 Å². The van der Waals surface area contributed by atoms with E-state index in [9.17, 15) is 31.1 Å². The van der Waals surface area contributed by atoms with E-state index in [1.165, 1.54) is 37.6 Å². The predicted molar refractivity (Wildman–Crippen MR) is 212 cm³/mol. The fourth-order valence-corrected chi connectivity index (χ4v) is 6.82. The van der Waals surface area contributed by atoms with Gasteiger partial charge in [0.1, 0.15) is 29.0 Å². The van der Waals surface area contributed by atoms with Gasteiger partial charge in [-0.2, -0.15) is 26.3 Å². The fourth-order valence-electron chi connectivity index (χ4n) is 6.82. The molecule has 2 aromatic carbocycles. The number of rotatable bonds is 8. The van der Waals surface area contributed by atoms with Crippen molar-refractivity contribution < 1.29 is 35.9 Å². The van der Waals surface area contributed by atoms with Crippen molar-refractivity contribution in [3.05, 3.63) is 118 Å². The molecule has 5 heterocycles. The normalized spacial score (nSPS) is 15.0. The Morgan fingerprint density at radius 3 is 1.68 bits per heavy atom. The number of nitrogens with zero attached hydrogens (tertiary/aromatic N) is 7. The van der Waals surface area contributed by atoms with E-state index in [1.807, 2.05) is 13.0 Å². The lowest BCUT2D eigenvalue weighted by molar-refractivity contribution is -0.138. The third-order valence-electron chi connectivity index (χ3n) is 10.1. The van der Waals surface area contributed by atoms with Gasteiger partial charge in [-0.15, -0.1) is 0 Å². The lowest BCUT2D eigenvalue weighted by Crippen LogP contribution is -2.29. The van der Waals surface area contributed by atoms with Crippen LogP contribution in [0.25, 0.3) is 21.8 Å². The van der Waals surface area contributed by atoms with Gasteiger partial charge in [-0.05, 0) is 108 Å². The molecule has 1 fully saturated rings. The number of halogens is 6. The molecule has 6 aromatic rings. The van der Waals surface area contributed by atoms with E-state index in [0.29, 0.717) is 51.2 Å². The van der Waals surface area contributed by atoms with Crippen molar-refractivity contribution in [1.29, 1.82) is 0 Å². The highest BCUT2D eigenvalue weighted by Gasteiger charge is 2.32. The number of benzene rings is 2. The number of hydrogen-bond donors (Lipinski definition) is 2. The highest BCUT2D eigenvalue weighted by molar-refractivity contribution is 5.96. The Hall–Kier alpha value is -5.97. The molecule has 4 aromatic heterocycles. The first-order chi connectivity index (χ1) is 27.9. The highest BCUT2D eigenvalue weighted by Crippen LogP contribution is 2.35. The molecule has 310 valence electrons.